The summed E-state index contributed by atoms with van der Waals surface area (Å²) in [7, 11) is 0. The lowest BCUT2D eigenvalue weighted by atomic mass is 10.0. The van der Waals surface area contributed by atoms with E-state index in [1.54, 1.807) is 18.3 Å². The predicted octanol–water partition coefficient (Wildman–Crippen LogP) is 3.28. The van der Waals surface area contributed by atoms with Gasteiger partial charge in [-0.3, -0.25) is 4.79 Å². The van der Waals surface area contributed by atoms with Gasteiger partial charge in [0.15, 0.2) is 0 Å². The minimum absolute atomic E-state index is 0.126. The van der Waals surface area contributed by atoms with Gasteiger partial charge in [0.05, 0.1) is 17.9 Å². The van der Waals surface area contributed by atoms with Crippen LogP contribution in [0.15, 0.2) is 48.8 Å². The molecule has 5 rings (SSSR count). The number of rotatable bonds is 5. The Bertz CT molecular complexity index is 1330. The van der Waals surface area contributed by atoms with Crippen LogP contribution >= 0.6 is 0 Å². The zero-order chi connectivity index (χ0) is 22.9. The second-order valence-electron chi connectivity index (χ2n) is 8.02. The number of ether oxygens (including phenoxy) is 1. The number of carbonyl (C=O) groups is 1. The zero-order valence-electron chi connectivity index (χ0n) is 18.1. The maximum absolute atomic E-state index is 13.5. The van der Waals surface area contributed by atoms with Crippen LogP contribution in [0.4, 0.5) is 10.2 Å². The summed E-state index contributed by atoms with van der Waals surface area (Å²) in [5, 5.41) is 2.85. The van der Waals surface area contributed by atoms with E-state index in [4.69, 9.17) is 15.5 Å². The number of anilines is 1. The van der Waals surface area contributed by atoms with E-state index in [2.05, 4.69) is 15.3 Å². The average Bonchev–Trinajstić information content (AvgIpc) is 3.49. The van der Waals surface area contributed by atoms with E-state index in [-0.39, 0.29) is 24.1 Å². The summed E-state index contributed by atoms with van der Waals surface area (Å²) in [6, 6.07) is 9.83. The number of hydrogen-bond acceptors (Lipinski definition) is 6. The summed E-state index contributed by atoms with van der Waals surface area (Å²) >= 11 is 0. The number of benzene rings is 1. The first-order chi connectivity index (χ1) is 16.0. The summed E-state index contributed by atoms with van der Waals surface area (Å²) < 4.78 is 20.9. The Morgan fingerprint density at radius 2 is 1.94 bits per heavy atom. The van der Waals surface area contributed by atoms with Gasteiger partial charge in [0.25, 0.3) is 0 Å². The molecule has 0 unspecified atom stereocenters. The first-order valence-corrected chi connectivity index (χ1v) is 10.8. The monoisotopic (exact) mass is 446 g/mol. The third kappa shape index (κ3) is 4.14. The van der Waals surface area contributed by atoms with Gasteiger partial charge in [-0.1, -0.05) is 0 Å². The molecule has 0 radical (unpaired) electrons. The number of imidazole rings is 1. The van der Waals surface area contributed by atoms with Crippen molar-refractivity contribution in [1.29, 1.82) is 0 Å². The molecule has 1 aliphatic heterocycles. The highest BCUT2D eigenvalue weighted by atomic mass is 19.1. The van der Waals surface area contributed by atoms with Crippen molar-refractivity contribution < 1.29 is 13.9 Å². The van der Waals surface area contributed by atoms with Crippen LogP contribution in [0.1, 0.15) is 24.2 Å². The van der Waals surface area contributed by atoms with Crippen LogP contribution in [-0.4, -0.2) is 38.0 Å². The summed E-state index contributed by atoms with van der Waals surface area (Å²) in [4.78, 5) is 26.1. The molecular weight excluding hydrogens is 423 g/mol. The zero-order valence-corrected chi connectivity index (χ0v) is 18.1. The Balaban J connectivity index is 1.56. The Kier molecular flexibility index (Phi) is 5.47. The highest BCUT2D eigenvalue weighted by Gasteiger charge is 2.24. The number of fused-ring (bicyclic) bond motifs is 1. The van der Waals surface area contributed by atoms with E-state index in [0.29, 0.717) is 35.7 Å². The fraction of sp³-hybridized carbons (Fsp3) is 0.250. The van der Waals surface area contributed by atoms with Crippen LogP contribution in [-0.2, 0) is 16.1 Å². The highest BCUT2D eigenvalue weighted by Crippen LogP contribution is 2.31. The maximum atomic E-state index is 13.5. The van der Waals surface area contributed by atoms with Crippen molar-refractivity contribution in [3.63, 3.8) is 0 Å². The molecule has 1 atom stereocenters. The number of nitrogens with zero attached hydrogens (tertiary/aromatic N) is 4. The number of aromatic nitrogens is 4. The number of nitrogen functional groups attached to an aromatic ring is 1. The number of halogens is 1. The third-order valence-electron chi connectivity index (χ3n) is 5.73. The summed E-state index contributed by atoms with van der Waals surface area (Å²) in [5.41, 5.74) is 11.0. The van der Waals surface area contributed by atoms with Gasteiger partial charge in [-0.2, -0.15) is 0 Å². The minimum atomic E-state index is -0.441. The molecular formula is C24H23FN6O2. The van der Waals surface area contributed by atoms with Gasteiger partial charge >= 0.3 is 0 Å². The highest BCUT2D eigenvalue weighted by molar-refractivity contribution is 5.82. The fourth-order valence-corrected chi connectivity index (χ4v) is 3.94. The van der Waals surface area contributed by atoms with Gasteiger partial charge in [-0.15, -0.1) is 0 Å². The van der Waals surface area contributed by atoms with Gasteiger partial charge in [-0.05, 0) is 56.2 Å². The molecule has 9 heteroatoms. The number of carbonyl (C=O) groups excluding carboxylic acids is 1. The molecule has 4 aromatic rings. The largest absolute Gasteiger partial charge is 0.382 e. The molecule has 1 amide bonds. The van der Waals surface area contributed by atoms with Crippen molar-refractivity contribution >= 4 is 17.4 Å². The van der Waals surface area contributed by atoms with Crippen molar-refractivity contribution in [2.24, 2.45) is 0 Å². The number of pyridine rings is 1. The van der Waals surface area contributed by atoms with E-state index in [0.717, 1.165) is 23.3 Å². The molecule has 8 nitrogen and oxygen atoms in total. The third-order valence-corrected chi connectivity index (χ3v) is 5.73. The molecule has 33 heavy (non-hydrogen) atoms. The molecule has 1 fully saturated rings. The Labute approximate surface area is 189 Å². The van der Waals surface area contributed by atoms with Crippen LogP contribution in [0.25, 0.3) is 28.2 Å². The normalized spacial score (nSPS) is 15.8. The van der Waals surface area contributed by atoms with Gasteiger partial charge in [-0.25, -0.2) is 19.3 Å². The summed E-state index contributed by atoms with van der Waals surface area (Å²) in [6.07, 6.45) is 4.85. The molecule has 1 aromatic carbocycles. The minimum Gasteiger partial charge on any atom is -0.382 e. The number of hydrogen-bond donors (Lipinski definition) is 2. The van der Waals surface area contributed by atoms with Crippen molar-refractivity contribution in [3.05, 3.63) is 66.0 Å². The number of nitrogens with one attached hydrogen (secondary N) is 1. The molecule has 1 saturated heterocycles. The van der Waals surface area contributed by atoms with E-state index in [9.17, 15) is 9.18 Å². The molecule has 0 aliphatic carbocycles. The average molecular weight is 446 g/mol. The second-order valence-corrected chi connectivity index (χ2v) is 8.02. The lowest BCUT2D eigenvalue weighted by Gasteiger charge is -2.15. The Morgan fingerprint density at radius 3 is 2.70 bits per heavy atom. The molecule has 3 N–H and O–H groups in total. The SMILES string of the molecule is Cc1cnc2ccc(-c3nc(CNC(=O)[C@@H]4CCCO4)c(N)nc3-c3ccc(F)cc3)cn12. The van der Waals surface area contributed by atoms with E-state index in [1.807, 2.05) is 29.7 Å². The molecule has 3 aromatic heterocycles. The van der Waals surface area contributed by atoms with Crippen LogP contribution in [0, 0.1) is 12.7 Å². The number of amides is 1. The fourth-order valence-electron chi connectivity index (χ4n) is 3.94. The predicted molar refractivity (Wildman–Crippen MR) is 122 cm³/mol. The van der Waals surface area contributed by atoms with E-state index in [1.165, 1.54) is 12.1 Å². The molecule has 0 spiro atoms. The van der Waals surface area contributed by atoms with Gasteiger partial charge in [0.1, 0.15) is 29.1 Å². The van der Waals surface area contributed by atoms with Crippen LogP contribution in [0.3, 0.4) is 0 Å². The second kappa shape index (κ2) is 8.59. The lowest BCUT2D eigenvalue weighted by molar-refractivity contribution is -0.130. The first-order valence-electron chi connectivity index (χ1n) is 10.8. The quantitative estimate of drug-likeness (QED) is 0.487. The molecule has 0 bridgehead atoms. The van der Waals surface area contributed by atoms with Crippen molar-refractivity contribution in [3.8, 4) is 22.5 Å². The van der Waals surface area contributed by atoms with Crippen LogP contribution in [0.5, 0.6) is 0 Å². The summed E-state index contributed by atoms with van der Waals surface area (Å²) in [5.74, 6) is -0.330. The smallest absolute Gasteiger partial charge is 0.249 e. The van der Waals surface area contributed by atoms with Crippen molar-refractivity contribution in [2.75, 3.05) is 12.3 Å². The van der Waals surface area contributed by atoms with Gasteiger partial charge in [0.2, 0.25) is 5.91 Å². The molecule has 4 heterocycles. The van der Waals surface area contributed by atoms with E-state index < -0.39 is 6.10 Å². The topological polar surface area (TPSA) is 107 Å². The lowest BCUT2D eigenvalue weighted by Crippen LogP contribution is -2.34. The van der Waals surface area contributed by atoms with Crippen LogP contribution < -0.4 is 11.1 Å². The molecule has 1 aliphatic rings. The van der Waals surface area contributed by atoms with Crippen molar-refractivity contribution in [1.82, 2.24) is 24.7 Å². The summed E-state index contributed by atoms with van der Waals surface area (Å²) in [6.45, 7) is 2.68. The first kappa shape index (κ1) is 21.0. The van der Waals surface area contributed by atoms with Crippen LogP contribution in [0.2, 0.25) is 0 Å². The Morgan fingerprint density at radius 1 is 1.18 bits per heavy atom. The van der Waals surface area contributed by atoms with Gasteiger partial charge in [0, 0.05) is 35.8 Å². The maximum Gasteiger partial charge on any atom is 0.249 e. The standard InChI is InChI=1S/C24H23FN6O2/c1-14-11-27-20-9-6-16(13-31(14)20)22-21(15-4-7-17(25)8-5-15)30-23(26)18(29-22)12-28-24(32)19-3-2-10-33-19/h4-9,11,13,19H,2-3,10,12H2,1H3,(H2,26,30)(H,28,32)/t19-/m0/s1. The molecule has 168 valence electrons. The Hall–Kier alpha value is -3.85. The van der Waals surface area contributed by atoms with Crippen molar-refractivity contribution in [2.45, 2.75) is 32.4 Å². The number of aryl methyl sites for hydroxylation is 1. The van der Waals surface area contributed by atoms with E-state index >= 15 is 0 Å². The number of nitrogens with two attached hydrogens (primary N) is 1. The van der Waals surface area contributed by atoms with Gasteiger partial charge < -0.3 is 20.2 Å². The molecule has 0 saturated carbocycles.